The molecule has 2 saturated heterocycles. The van der Waals surface area contributed by atoms with E-state index in [0.717, 1.165) is 11.8 Å². The van der Waals surface area contributed by atoms with Crippen LogP contribution in [0.3, 0.4) is 0 Å². The summed E-state index contributed by atoms with van der Waals surface area (Å²) < 4.78 is 1.49. The molecular formula is C15H16N6O5S4. The number of carbonyl (C=O) groups is 4. The predicted octanol–water partition coefficient (Wildman–Crippen LogP) is 0.400. The minimum Gasteiger partial charge on any atom is -0.477 e. The molecule has 0 spiro atoms. The van der Waals surface area contributed by atoms with Crippen molar-refractivity contribution in [3.63, 3.8) is 0 Å². The Balaban J connectivity index is 1.41. The predicted molar refractivity (Wildman–Crippen MR) is 113 cm³/mol. The molecule has 0 radical (unpaired) electrons. The summed E-state index contributed by atoms with van der Waals surface area (Å²) in [5, 5.41) is 23.5. The molecule has 4 rings (SSSR count). The number of aromatic nitrogens is 4. The Morgan fingerprint density at radius 1 is 1.37 bits per heavy atom. The molecule has 3 aliphatic heterocycles. The second-order valence-electron chi connectivity index (χ2n) is 6.59. The highest BCUT2D eigenvalue weighted by molar-refractivity contribution is 8.41. The molecule has 30 heavy (non-hydrogen) atoms. The number of aryl methyl sites for hydroxylation is 1. The van der Waals surface area contributed by atoms with E-state index in [1.165, 1.54) is 44.9 Å². The Morgan fingerprint density at radius 3 is 2.80 bits per heavy atom. The van der Waals surface area contributed by atoms with Crippen molar-refractivity contribution >= 4 is 69.3 Å². The van der Waals surface area contributed by atoms with Crippen molar-refractivity contribution in [3.8, 4) is 0 Å². The molecule has 3 aliphatic rings. The fourth-order valence-corrected chi connectivity index (χ4v) is 7.84. The lowest BCUT2D eigenvalue weighted by Crippen LogP contribution is -2.70. The minimum atomic E-state index is -1.18. The summed E-state index contributed by atoms with van der Waals surface area (Å²) in [6, 6.07) is -0.760. The van der Waals surface area contributed by atoms with E-state index in [2.05, 4.69) is 20.8 Å². The molecular weight excluding hydrogens is 472 g/mol. The molecule has 15 heteroatoms. The summed E-state index contributed by atoms with van der Waals surface area (Å²) in [5.74, 6) is -0.592. The maximum atomic E-state index is 12.7. The first-order valence-corrected chi connectivity index (χ1v) is 12.6. The number of aliphatic carboxylic acids is 1. The van der Waals surface area contributed by atoms with Crippen LogP contribution in [0.15, 0.2) is 16.4 Å². The lowest BCUT2D eigenvalue weighted by Gasteiger charge is -2.49. The summed E-state index contributed by atoms with van der Waals surface area (Å²) in [6.45, 7) is 0. The third kappa shape index (κ3) is 4.20. The number of β-lactam (4-membered cyclic amide) rings is 1. The third-order valence-corrected chi connectivity index (χ3v) is 9.54. The van der Waals surface area contributed by atoms with Crippen molar-refractivity contribution in [3.05, 3.63) is 11.3 Å². The highest BCUT2D eigenvalue weighted by Crippen LogP contribution is 2.41. The minimum absolute atomic E-state index is 0.000253. The average Bonchev–Trinajstić information content (AvgIpc) is 3.31. The molecule has 160 valence electrons. The molecule has 2 N–H and O–H groups in total. The topological polar surface area (TPSA) is 147 Å². The molecule has 3 unspecified atom stereocenters. The van der Waals surface area contributed by atoms with E-state index in [9.17, 15) is 24.3 Å². The van der Waals surface area contributed by atoms with Crippen molar-refractivity contribution in [2.75, 3.05) is 17.3 Å². The van der Waals surface area contributed by atoms with Gasteiger partial charge in [-0.2, -0.15) is 0 Å². The number of thioether (sulfide) groups is 4. The number of carboxylic acids is 1. The van der Waals surface area contributed by atoms with Gasteiger partial charge < -0.3 is 10.4 Å². The summed E-state index contributed by atoms with van der Waals surface area (Å²) in [5.41, 5.74) is 0.568. The number of carboxylic acid groups (broad SMARTS) is 1. The molecule has 0 aliphatic carbocycles. The van der Waals surface area contributed by atoms with Crippen LogP contribution in [0, 0.1) is 0 Å². The number of fused-ring (bicyclic) bond motifs is 1. The fourth-order valence-electron chi connectivity index (χ4n) is 3.19. The van der Waals surface area contributed by atoms with E-state index >= 15 is 0 Å². The van der Waals surface area contributed by atoms with Crippen LogP contribution in [0.5, 0.6) is 0 Å². The van der Waals surface area contributed by atoms with Crippen LogP contribution >= 0.6 is 47.0 Å². The number of nitrogens with one attached hydrogen (secondary N) is 1. The van der Waals surface area contributed by atoms with Crippen LogP contribution < -0.4 is 5.32 Å². The van der Waals surface area contributed by atoms with Gasteiger partial charge in [0.25, 0.3) is 5.91 Å². The van der Waals surface area contributed by atoms with Crippen LogP contribution in [0.1, 0.15) is 6.42 Å². The summed E-state index contributed by atoms with van der Waals surface area (Å²) in [7, 11) is 1.69. The highest BCUT2D eigenvalue weighted by atomic mass is 32.2. The van der Waals surface area contributed by atoms with Crippen LogP contribution in [0.2, 0.25) is 0 Å². The normalized spacial score (nSPS) is 25.9. The highest BCUT2D eigenvalue weighted by Gasteiger charge is 2.54. The number of carbonyl (C=O) groups excluding carboxylic acids is 3. The second-order valence-corrected chi connectivity index (χ2v) is 11.2. The van der Waals surface area contributed by atoms with Gasteiger partial charge >= 0.3 is 5.97 Å². The number of amides is 2. The van der Waals surface area contributed by atoms with Gasteiger partial charge in [0.05, 0.1) is 0 Å². The number of nitrogens with zero attached hydrogens (tertiary/aromatic N) is 5. The van der Waals surface area contributed by atoms with Crippen molar-refractivity contribution < 1.29 is 24.3 Å². The van der Waals surface area contributed by atoms with E-state index < -0.39 is 23.3 Å². The van der Waals surface area contributed by atoms with Gasteiger partial charge in [0.15, 0.2) is 0 Å². The van der Waals surface area contributed by atoms with Crippen LogP contribution in [-0.4, -0.2) is 86.4 Å². The van der Waals surface area contributed by atoms with Gasteiger partial charge in [0.2, 0.25) is 15.5 Å². The van der Waals surface area contributed by atoms with E-state index in [0.29, 0.717) is 28.0 Å². The van der Waals surface area contributed by atoms with E-state index in [4.69, 9.17) is 0 Å². The molecule has 0 aromatic carbocycles. The molecule has 0 bridgehead atoms. The quantitative estimate of drug-likeness (QED) is 0.404. The maximum Gasteiger partial charge on any atom is 0.352 e. The van der Waals surface area contributed by atoms with Gasteiger partial charge in [-0.1, -0.05) is 35.3 Å². The summed E-state index contributed by atoms with van der Waals surface area (Å²) >= 11 is 5.04. The monoisotopic (exact) mass is 488 g/mol. The molecule has 4 heterocycles. The van der Waals surface area contributed by atoms with Crippen molar-refractivity contribution in [1.29, 1.82) is 0 Å². The van der Waals surface area contributed by atoms with Gasteiger partial charge in [-0.3, -0.25) is 19.3 Å². The zero-order valence-electron chi connectivity index (χ0n) is 15.5. The van der Waals surface area contributed by atoms with Gasteiger partial charge in [0.1, 0.15) is 17.1 Å². The van der Waals surface area contributed by atoms with Crippen LogP contribution in [0.4, 0.5) is 4.79 Å². The first kappa shape index (κ1) is 21.5. The van der Waals surface area contributed by atoms with Crippen LogP contribution in [0.25, 0.3) is 0 Å². The van der Waals surface area contributed by atoms with Crippen molar-refractivity contribution in [2.45, 2.75) is 28.2 Å². The Labute approximate surface area is 187 Å². The Hall–Kier alpha value is -1.71. The lowest BCUT2D eigenvalue weighted by atomic mass is 10.0. The molecule has 2 fully saturated rings. The summed E-state index contributed by atoms with van der Waals surface area (Å²) in [4.78, 5) is 49.4. The second kappa shape index (κ2) is 8.80. The van der Waals surface area contributed by atoms with Gasteiger partial charge in [-0.25, -0.2) is 9.48 Å². The van der Waals surface area contributed by atoms with Crippen LogP contribution in [-0.2, 0) is 21.4 Å². The van der Waals surface area contributed by atoms with E-state index in [1.54, 1.807) is 7.05 Å². The molecule has 1 aromatic rings. The first-order chi connectivity index (χ1) is 14.3. The van der Waals surface area contributed by atoms with Gasteiger partial charge in [0, 0.05) is 36.0 Å². The van der Waals surface area contributed by atoms with E-state index in [1.807, 2.05) is 0 Å². The molecule has 2 amide bonds. The lowest BCUT2D eigenvalue weighted by molar-refractivity contribution is -0.150. The zero-order chi connectivity index (χ0) is 21.4. The fraction of sp³-hybridized carbons (Fsp3) is 0.533. The Bertz CT molecular complexity index is 952. The molecule has 0 saturated carbocycles. The number of hydrogen-bond acceptors (Lipinski definition) is 11. The number of hydrogen-bond donors (Lipinski definition) is 2. The Kier molecular flexibility index (Phi) is 6.31. The number of tetrazole rings is 1. The maximum absolute atomic E-state index is 12.7. The van der Waals surface area contributed by atoms with Crippen molar-refractivity contribution in [1.82, 2.24) is 30.4 Å². The smallest absolute Gasteiger partial charge is 0.352 e. The average molecular weight is 489 g/mol. The van der Waals surface area contributed by atoms with Gasteiger partial charge in [-0.05, 0) is 16.0 Å². The molecule has 1 aromatic heterocycles. The van der Waals surface area contributed by atoms with Gasteiger partial charge in [-0.15, -0.1) is 16.9 Å². The standard InChI is InChI=1S/C15H16N6O5S4/c1-20-14(17-18-19-20)28-4-6-3-27-12-9(11(23)21(12)10(6)13(24)25)16-8(22)2-7-5-29-15(26)30-7/h7,9,12H,2-5H2,1H3,(H,16,22)(H,24,25). The zero-order valence-corrected chi connectivity index (χ0v) is 18.8. The SMILES string of the molecule is Cn1nnnc1SCC1=C(C(=O)O)N2C(=O)C(NC(=O)CC3CSC(=O)S3)C2SC1. The summed E-state index contributed by atoms with van der Waals surface area (Å²) in [6.07, 6.45) is 0.153. The third-order valence-electron chi connectivity index (χ3n) is 4.59. The first-order valence-electron chi connectivity index (χ1n) is 8.73. The number of rotatable bonds is 7. The molecule has 3 atom stereocenters. The van der Waals surface area contributed by atoms with Crippen molar-refractivity contribution in [2.24, 2.45) is 7.05 Å². The van der Waals surface area contributed by atoms with E-state index in [-0.39, 0.29) is 27.7 Å². The largest absolute Gasteiger partial charge is 0.477 e. The molecule has 11 nitrogen and oxygen atoms in total. The Morgan fingerprint density at radius 2 is 2.17 bits per heavy atom.